The number of hydrogen-bond acceptors (Lipinski definition) is 7. The molecule has 1 aliphatic carbocycles. The minimum absolute atomic E-state index is 0.0359. The minimum Gasteiger partial charge on any atom is -0.496 e. The van der Waals surface area contributed by atoms with E-state index in [4.69, 9.17) is 14.2 Å². The number of nitrogens with zero attached hydrogens (tertiary/aromatic N) is 3. The van der Waals surface area contributed by atoms with E-state index in [1.807, 2.05) is 29.2 Å². The zero-order chi connectivity index (χ0) is 29.9. The summed E-state index contributed by atoms with van der Waals surface area (Å²) in [5, 5.41) is 1.06. The average Bonchev–Trinajstić information content (AvgIpc) is 3.82. The summed E-state index contributed by atoms with van der Waals surface area (Å²) in [4.78, 5) is 45.0. The van der Waals surface area contributed by atoms with Crippen LogP contribution in [0.2, 0.25) is 0 Å². The van der Waals surface area contributed by atoms with Crippen molar-refractivity contribution in [2.75, 3.05) is 27.3 Å². The lowest BCUT2D eigenvalue weighted by molar-refractivity contribution is -0.0526. The lowest BCUT2D eigenvalue weighted by Crippen LogP contribution is -2.51. The Kier molecular flexibility index (Phi) is 6.49. The fourth-order valence-corrected chi connectivity index (χ4v) is 6.62. The molecule has 4 aromatic rings. The quantitative estimate of drug-likeness (QED) is 0.287. The van der Waals surface area contributed by atoms with Gasteiger partial charge in [0, 0.05) is 73.5 Å². The number of carbonyl (C=O) groups is 3. The number of hydrogen-bond donors (Lipinski definition) is 0. The van der Waals surface area contributed by atoms with Crippen molar-refractivity contribution in [3.8, 4) is 16.9 Å². The van der Waals surface area contributed by atoms with Gasteiger partial charge in [0.25, 0.3) is 5.91 Å². The molecule has 1 amide bonds. The van der Waals surface area contributed by atoms with E-state index in [9.17, 15) is 14.4 Å². The fraction of sp³-hybridized carbons (Fsp3) is 0.353. The summed E-state index contributed by atoms with van der Waals surface area (Å²) < 4.78 is 18.9. The van der Waals surface area contributed by atoms with Crippen LogP contribution in [0, 0.1) is 6.92 Å². The highest BCUT2D eigenvalue weighted by Gasteiger charge is 2.44. The molecule has 1 spiro atoms. The molecule has 0 bridgehead atoms. The number of rotatable bonds is 5. The second-order valence-electron chi connectivity index (χ2n) is 11.9. The highest BCUT2D eigenvalue weighted by atomic mass is 16.6. The molecule has 7 rings (SSSR count). The highest BCUT2D eigenvalue weighted by Crippen LogP contribution is 2.42. The van der Waals surface area contributed by atoms with E-state index >= 15 is 0 Å². The van der Waals surface area contributed by atoms with Crippen molar-refractivity contribution >= 4 is 28.7 Å². The third-order valence-electron chi connectivity index (χ3n) is 9.10. The van der Waals surface area contributed by atoms with Crippen LogP contribution < -0.4 is 4.74 Å². The molecule has 2 aromatic carbocycles. The number of likely N-dealkylation sites (tertiary alicyclic amines) is 1. The number of methoxy groups -OCH3 is 2. The van der Waals surface area contributed by atoms with Gasteiger partial charge in [0.2, 0.25) is 0 Å². The van der Waals surface area contributed by atoms with Crippen LogP contribution in [-0.2, 0) is 15.9 Å². The molecule has 0 N–H and O–H groups in total. The molecule has 1 saturated heterocycles. The first-order valence-corrected chi connectivity index (χ1v) is 14.7. The summed E-state index contributed by atoms with van der Waals surface area (Å²) in [5.41, 5.74) is 5.41. The smallest absolute Gasteiger partial charge is 0.339 e. The Bertz CT molecular complexity index is 1800. The number of carbonyl (C=O) groups excluding carboxylic acids is 3. The zero-order valence-corrected chi connectivity index (χ0v) is 24.5. The predicted octanol–water partition coefficient (Wildman–Crippen LogP) is 5.53. The van der Waals surface area contributed by atoms with Crippen molar-refractivity contribution < 1.29 is 28.6 Å². The topological polar surface area (TPSA) is 100.0 Å². The lowest BCUT2D eigenvalue weighted by Gasteiger charge is -2.43. The number of benzene rings is 2. The van der Waals surface area contributed by atoms with Gasteiger partial charge in [-0.2, -0.15) is 0 Å². The molecule has 43 heavy (non-hydrogen) atoms. The van der Waals surface area contributed by atoms with Crippen molar-refractivity contribution in [2.24, 2.45) is 0 Å². The van der Waals surface area contributed by atoms with Gasteiger partial charge >= 0.3 is 11.9 Å². The number of pyridine rings is 1. The minimum atomic E-state index is -0.645. The molecule has 3 aliphatic rings. The second-order valence-corrected chi connectivity index (χ2v) is 11.9. The van der Waals surface area contributed by atoms with E-state index in [-0.39, 0.29) is 11.9 Å². The molecule has 2 aromatic heterocycles. The SMILES string of the molecule is COC(=O)c1cncc(-c2ccc3c(c2)C(=O)OC2(CCN(C(=O)c4cc(OC)c5c(C)cn(C6CC6)c5c4)CC2)C3)c1. The molecule has 4 heterocycles. The standard InChI is InChI=1S/C34H33N3O6/c1-20-19-37(26-6-7-26)28-14-23(15-29(41-2)30(20)28)31(38)36-10-8-34(9-11-36)16-22-5-4-21(13-27(22)33(40)43-34)24-12-25(18-35-17-24)32(39)42-3/h4-5,12-15,17-19,26H,6-11,16H2,1-3H3. The van der Waals surface area contributed by atoms with Gasteiger partial charge in [0.05, 0.1) is 30.9 Å². The van der Waals surface area contributed by atoms with Crippen LogP contribution in [0.5, 0.6) is 5.75 Å². The Morgan fingerprint density at radius 2 is 1.79 bits per heavy atom. The normalized spacial score (nSPS) is 17.5. The molecular weight excluding hydrogens is 546 g/mol. The van der Waals surface area contributed by atoms with Crippen molar-refractivity contribution in [1.29, 1.82) is 0 Å². The number of piperidine rings is 1. The summed E-state index contributed by atoms with van der Waals surface area (Å²) in [7, 11) is 2.97. The van der Waals surface area contributed by atoms with Crippen molar-refractivity contribution in [3.05, 3.63) is 82.8 Å². The van der Waals surface area contributed by atoms with E-state index < -0.39 is 11.6 Å². The number of aryl methyl sites for hydroxylation is 1. The molecule has 9 heteroatoms. The van der Waals surface area contributed by atoms with Gasteiger partial charge in [-0.1, -0.05) is 12.1 Å². The summed E-state index contributed by atoms with van der Waals surface area (Å²) in [6, 6.07) is 11.7. The van der Waals surface area contributed by atoms with Gasteiger partial charge in [-0.25, -0.2) is 9.59 Å². The first-order chi connectivity index (χ1) is 20.8. The number of fused-ring (bicyclic) bond motifs is 2. The lowest BCUT2D eigenvalue weighted by atomic mass is 9.81. The Labute approximate surface area is 249 Å². The van der Waals surface area contributed by atoms with Gasteiger partial charge < -0.3 is 23.7 Å². The molecule has 0 unspecified atom stereocenters. The van der Waals surface area contributed by atoms with E-state index in [0.29, 0.717) is 60.6 Å². The van der Waals surface area contributed by atoms with Crippen LogP contribution in [0.25, 0.3) is 22.0 Å². The number of amides is 1. The third-order valence-corrected chi connectivity index (χ3v) is 9.10. The van der Waals surface area contributed by atoms with Crippen molar-refractivity contribution in [3.63, 3.8) is 0 Å². The predicted molar refractivity (Wildman–Crippen MR) is 159 cm³/mol. The third kappa shape index (κ3) is 4.73. The maximum Gasteiger partial charge on any atom is 0.339 e. The van der Waals surface area contributed by atoms with Gasteiger partial charge in [0.1, 0.15) is 11.4 Å². The van der Waals surface area contributed by atoms with Crippen molar-refractivity contribution in [1.82, 2.24) is 14.5 Å². The Morgan fingerprint density at radius 3 is 2.51 bits per heavy atom. The summed E-state index contributed by atoms with van der Waals surface area (Å²) in [6.07, 6.45) is 9.28. The number of ether oxygens (including phenoxy) is 3. The van der Waals surface area contributed by atoms with E-state index in [2.05, 4.69) is 22.7 Å². The molecule has 9 nitrogen and oxygen atoms in total. The van der Waals surface area contributed by atoms with Crippen LogP contribution >= 0.6 is 0 Å². The maximum atomic E-state index is 13.7. The fourth-order valence-electron chi connectivity index (χ4n) is 6.62. The Hall–Kier alpha value is -4.66. The average molecular weight is 580 g/mol. The maximum absolute atomic E-state index is 13.7. The second kappa shape index (κ2) is 10.3. The monoisotopic (exact) mass is 579 g/mol. The Balaban J connectivity index is 1.09. The van der Waals surface area contributed by atoms with Gasteiger partial charge in [-0.15, -0.1) is 0 Å². The van der Waals surface area contributed by atoms with E-state index in [0.717, 1.165) is 46.2 Å². The van der Waals surface area contributed by atoms with E-state index in [1.54, 1.807) is 25.4 Å². The molecule has 0 atom stereocenters. The van der Waals surface area contributed by atoms with Crippen LogP contribution in [0.15, 0.2) is 55.0 Å². The summed E-state index contributed by atoms with van der Waals surface area (Å²) >= 11 is 0. The van der Waals surface area contributed by atoms with Gasteiger partial charge in [-0.05, 0) is 60.7 Å². The van der Waals surface area contributed by atoms with E-state index in [1.165, 1.54) is 13.3 Å². The molecule has 0 radical (unpaired) electrons. The van der Waals surface area contributed by atoms with Crippen LogP contribution in [-0.4, -0.2) is 65.2 Å². The molecular formula is C34H33N3O6. The molecule has 220 valence electrons. The molecule has 2 aliphatic heterocycles. The first kappa shape index (κ1) is 27.2. The zero-order valence-electron chi connectivity index (χ0n) is 24.5. The van der Waals surface area contributed by atoms with Crippen LogP contribution in [0.4, 0.5) is 0 Å². The van der Waals surface area contributed by atoms with Crippen LogP contribution in [0.3, 0.4) is 0 Å². The highest BCUT2D eigenvalue weighted by molar-refractivity contribution is 6.01. The largest absolute Gasteiger partial charge is 0.496 e. The Morgan fingerprint density at radius 1 is 1.00 bits per heavy atom. The van der Waals surface area contributed by atoms with Crippen molar-refractivity contribution in [2.45, 2.75) is 50.7 Å². The summed E-state index contributed by atoms with van der Waals surface area (Å²) in [5.74, 6) is -0.157. The first-order valence-electron chi connectivity index (χ1n) is 14.7. The van der Waals surface area contributed by atoms with Crippen LogP contribution in [0.1, 0.15) is 73.9 Å². The molecule has 2 fully saturated rings. The number of aromatic nitrogens is 2. The molecule has 1 saturated carbocycles. The number of esters is 2. The summed E-state index contributed by atoms with van der Waals surface area (Å²) in [6.45, 7) is 3.07. The van der Waals surface area contributed by atoms with Gasteiger partial charge in [-0.3, -0.25) is 9.78 Å². The van der Waals surface area contributed by atoms with Gasteiger partial charge in [0.15, 0.2) is 0 Å².